The Kier molecular flexibility index (Phi) is 6.86. The van der Waals surface area contributed by atoms with E-state index in [2.05, 4.69) is 9.47 Å². The SMILES string of the molecule is CCCCC[C@H](CN(O)C=O)C(=O)N(N)C(=O)c1cccc2c1OC(F)(F)O2. The van der Waals surface area contributed by atoms with Gasteiger partial charge in [0.2, 0.25) is 12.3 Å². The van der Waals surface area contributed by atoms with Crippen molar-refractivity contribution in [1.82, 2.24) is 10.1 Å². The van der Waals surface area contributed by atoms with E-state index in [1.165, 1.54) is 12.1 Å². The van der Waals surface area contributed by atoms with Crippen LogP contribution in [0.1, 0.15) is 43.0 Å². The first-order valence-electron chi connectivity index (χ1n) is 8.62. The van der Waals surface area contributed by atoms with Crippen LogP contribution in [-0.2, 0) is 9.59 Å². The first-order chi connectivity index (χ1) is 13.2. The average molecular weight is 401 g/mol. The molecule has 1 atom stereocenters. The Morgan fingerprint density at radius 1 is 1.32 bits per heavy atom. The molecule has 11 heteroatoms. The van der Waals surface area contributed by atoms with E-state index in [-0.39, 0.29) is 40.8 Å². The fraction of sp³-hybridized carbons (Fsp3) is 0.471. The predicted octanol–water partition coefficient (Wildman–Crippen LogP) is 1.89. The molecule has 0 bridgehead atoms. The highest BCUT2D eigenvalue weighted by molar-refractivity contribution is 6.06. The van der Waals surface area contributed by atoms with Gasteiger partial charge in [0.25, 0.3) is 5.91 Å². The van der Waals surface area contributed by atoms with Crippen LogP contribution in [0, 0.1) is 5.92 Å². The monoisotopic (exact) mass is 401 g/mol. The van der Waals surface area contributed by atoms with Crippen LogP contribution in [0.25, 0.3) is 0 Å². The van der Waals surface area contributed by atoms with Crippen LogP contribution < -0.4 is 15.3 Å². The van der Waals surface area contributed by atoms with E-state index >= 15 is 0 Å². The highest BCUT2D eigenvalue weighted by atomic mass is 19.3. The summed E-state index contributed by atoms with van der Waals surface area (Å²) >= 11 is 0. The molecular weight excluding hydrogens is 380 g/mol. The number of alkyl halides is 2. The second-order valence-corrected chi connectivity index (χ2v) is 6.23. The van der Waals surface area contributed by atoms with E-state index < -0.39 is 29.8 Å². The van der Waals surface area contributed by atoms with Crippen LogP contribution in [-0.4, -0.2) is 46.3 Å². The topological polar surface area (TPSA) is 122 Å². The van der Waals surface area contributed by atoms with Crippen LogP contribution in [0.15, 0.2) is 18.2 Å². The number of hydrogen-bond donors (Lipinski definition) is 2. The average Bonchev–Trinajstić information content (AvgIpc) is 2.99. The third kappa shape index (κ3) is 4.93. The maximum Gasteiger partial charge on any atom is 0.586 e. The van der Waals surface area contributed by atoms with Gasteiger partial charge in [0.05, 0.1) is 18.0 Å². The molecular formula is C17H21F2N3O6. The van der Waals surface area contributed by atoms with Crippen molar-refractivity contribution in [3.05, 3.63) is 23.8 Å². The van der Waals surface area contributed by atoms with Crippen molar-refractivity contribution in [3.8, 4) is 11.5 Å². The molecule has 0 radical (unpaired) electrons. The number of hydroxylamine groups is 2. The number of fused-ring (bicyclic) bond motifs is 1. The number of nitrogens with zero attached hydrogens (tertiary/aromatic N) is 2. The fourth-order valence-corrected chi connectivity index (χ4v) is 2.77. The maximum absolute atomic E-state index is 13.3. The number of rotatable bonds is 9. The van der Waals surface area contributed by atoms with Crippen molar-refractivity contribution in [2.75, 3.05) is 6.54 Å². The van der Waals surface area contributed by atoms with E-state index in [0.29, 0.717) is 6.42 Å². The van der Waals surface area contributed by atoms with Gasteiger partial charge >= 0.3 is 6.29 Å². The second kappa shape index (κ2) is 8.93. The van der Waals surface area contributed by atoms with E-state index in [9.17, 15) is 28.4 Å². The number of hydrazine groups is 1. The number of carbonyl (C=O) groups excluding carboxylic acids is 3. The molecule has 3 N–H and O–H groups in total. The van der Waals surface area contributed by atoms with Gasteiger partial charge in [-0.05, 0) is 18.6 Å². The second-order valence-electron chi connectivity index (χ2n) is 6.23. The molecule has 1 aliphatic rings. The molecule has 0 saturated carbocycles. The first-order valence-corrected chi connectivity index (χ1v) is 8.62. The van der Waals surface area contributed by atoms with Crippen molar-refractivity contribution in [2.45, 2.75) is 38.9 Å². The predicted molar refractivity (Wildman–Crippen MR) is 90.2 cm³/mol. The number of amides is 3. The van der Waals surface area contributed by atoms with Gasteiger partial charge in [-0.3, -0.25) is 19.6 Å². The number of unbranched alkanes of at least 4 members (excludes halogenated alkanes) is 2. The summed E-state index contributed by atoms with van der Waals surface area (Å²) in [5.41, 5.74) is -0.380. The lowest BCUT2D eigenvalue weighted by Gasteiger charge is -2.24. The van der Waals surface area contributed by atoms with Gasteiger partial charge in [-0.25, -0.2) is 15.9 Å². The van der Waals surface area contributed by atoms with Crippen LogP contribution in [0.3, 0.4) is 0 Å². The van der Waals surface area contributed by atoms with Crippen LogP contribution in [0.2, 0.25) is 0 Å². The van der Waals surface area contributed by atoms with Gasteiger partial charge in [0, 0.05) is 0 Å². The molecule has 0 saturated heterocycles. The van der Waals surface area contributed by atoms with Crippen molar-refractivity contribution >= 4 is 18.2 Å². The number of nitrogens with two attached hydrogens (primary N) is 1. The number of carbonyl (C=O) groups is 3. The minimum atomic E-state index is -3.94. The summed E-state index contributed by atoms with van der Waals surface area (Å²) in [5.74, 6) is 1.84. The number of para-hydroxylation sites is 1. The summed E-state index contributed by atoms with van der Waals surface area (Å²) in [6.07, 6.45) is -1.29. The van der Waals surface area contributed by atoms with E-state index in [0.717, 1.165) is 18.9 Å². The largest absolute Gasteiger partial charge is 0.586 e. The Labute approximate surface area is 159 Å². The quantitative estimate of drug-likeness (QED) is 0.162. The van der Waals surface area contributed by atoms with Crippen LogP contribution >= 0.6 is 0 Å². The molecule has 9 nitrogen and oxygen atoms in total. The summed E-state index contributed by atoms with van der Waals surface area (Å²) in [5, 5.41) is 9.96. The maximum atomic E-state index is 13.3. The summed E-state index contributed by atoms with van der Waals surface area (Å²) in [6.45, 7) is 1.59. The summed E-state index contributed by atoms with van der Waals surface area (Å²) in [6, 6.07) is 3.61. The molecule has 0 spiro atoms. The Hall–Kier alpha value is -2.79. The first kappa shape index (κ1) is 21.5. The minimum absolute atomic E-state index is 0.125. The Morgan fingerprint density at radius 2 is 2.04 bits per heavy atom. The highest BCUT2D eigenvalue weighted by Gasteiger charge is 2.46. The van der Waals surface area contributed by atoms with Crippen molar-refractivity contribution < 1.29 is 37.8 Å². The van der Waals surface area contributed by atoms with Gasteiger partial charge in [-0.1, -0.05) is 32.3 Å². The highest BCUT2D eigenvalue weighted by Crippen LogP contribution is 2.43. The van der Waals surface area contributed by atoms with Crippen LogP contribution in [0.5, 0.6) is 11.5 Å². The van der Waals surface area contributed by atoms with Gasteiger partial charge in [0.1, 0.15) is 0 Å². The number of ether oxygens (including phenoxy) is 2. The molecule has 0 aromatic heterocycles. The van der Waals surface area contributed by atoms with E-state index in [1.807, 2.05) is 6.92 Å². The molecule has 2 rings (SSSR count). The molecule has 154 valence electrons. The molecule has 28 heavy (non-hydrogen) atoms. The number of imide groups is 1. The Morgan fingerprint density at radius 3 is 2.68 bits per heavy atom. The summed E-state index contributed by atoms with van der Waals surface area (Å²) in [4.78, 5) is 35.9. The Bertz CT molecular complexity index is 746. The zero-order valence-corrected chi connectivity index (χ0v) is 15.1. The van der Waals surface area contributed by atoms with Gasteiger partial charge in [-0.15, -0.1) is 8.78 Å². The lowest BCUT2D eigenvalue weighted by Crippen LogP contribution is -2.48. The summed E-state index contributed by atoms with van der Waals surface area (Å²) < 4.78 is 35.2. The number of halogens is 2. The zero-order valence-electron chi connectivity index (χ0n) is 15.1. The Balaban J connectivity index is 2.20. The van der Waals surface area contributed by atoms with Gasteiger partial charge in [-0.2, -0.15) is 0 Å². The lowest BCUT2D eigenvalue weighted by molar-refractivity contribution is -0.286. The molecule has 0 aliphatic carbocycles. The van der Waals surface area contributed by atoms with Crippen LogP contribution in [0.4, 0.5) is 8.78 Å². The lowest BCUT2D eigenvalue weighted by atomic mass is 9.99. The van der Waals surface area contributed by atoms with Gasteiger partial charge < -0.3 is 9.47 Å². The fourth-order valence-electron chi connectivity index (χ4n) is 2.77. The third-order valence-corrected chi connectivity index (χ3v) is 4.15. The molecule has 1 aromatic rings. The molecule has 3 amide bonds. The minimum Gasteiger partial charge on any atom is -0.395 e. The molecule has 1 heterocycles. The van der Waals surface area contributed by atoms with Crippen molar-refractivity contribution in [3.63, 3.8) is 0 Å². The molecule has 1 aromatic carbocycles. The van der Waals surface area contributed by atoms with Crippen molar-refractivity contribution in [1.29, 1.82) is 0 Å². The zero-order chi connectivity index (χ0) is 20.9. The van der Waals surface area contributed by atoms with E-state index in [4.69, 9.17) is 5.84 Å². The molecule has 1 aliphatic heterocycles. The van der Waals surface area contributed by atoms with E-state index in [1.54, 1.807) is 0 Å². The number of hydrogen-bond acceptors (Lipinski definition) is 7. The number of benzene rings is 1. The standard InChI is InChI=1S/C17H21F2N3O6/c1-2-3-4-6-11(9-21(26)10-23)15(24)22(20)16(25)12-7-5-8-13-14(12)28-17(18,19)27-13/h5,7-8,10-11,26H,2-4,6,9,20H2,1H3/t11-/m1/s1. The van der Waals surface area contributed by atoms with Crippen molar-refractivity contribution in [2.24, 2.45) is 11.8 Å². The smallest absolute Gasteiger partial charge is 0.395 e. The molecule has 0 unspecified atom stereocenters. The summed E-state index contributed by atoms with van der Waals surface area (Å²) in [7, 11) is 0. The molecule has 0 fully saturated rings. The third-order valence-electron chi connectivity index (χ3n) is 4.15. The van der Waals surface area contributed by atoms with Gasteiger partial charge in [0.15, 0.2) is 11.5 Å². The normalized spacial score (nSPS) is 15.0.